The maximum atomic E-state index is 3.24. The smallest absolute Gasteiger partial charge is 0.0305 e. The van der Waals surface area contributed by atoms with Gasteiger partial charge in [0.1, 0.15) is 0 Å². The van der Waals surface area contributed by atoms with Gasteiger partial charge in [0.25, 0.3) is 0 Å². The molecule has 0 bridgehead atoms. The van der Waals surface area contributed by atoms with Gasteiger partial charge in [0.2, 0.25) is 0 Å². The van der Waals surface area contributed by atoms with E-state index in [0.29, 0.717) is 0 Å². The minimum Gasteiger partial charge on any atom is -0.0979 e. The predicted octanol–water partition coefficient (Wildman–Crippen LogP) is 3.70. The third-order valence-corrected chi connectivity index (χ3v) is 3.90. The summed E-state index contributed by atoms with van der Waals surface area (Å²) in [6.07, 6.45) is 3.69. The van der Waals surface area contributed by atoms with E-state index >= 15 is 0 Å². The summed E-state index contributed by atoms with van der Waals surface area (Å²) >= 11 is 0. The van der Waals surface area contributed by atoms with E-state index in [2.05, 4.69) is 37.1 Å². The maximum absolute atomic E-state index is 3.24. The molecule has 0 heterocycles. The minimum atomic E-state index is -0.330. The molecule has 15 heavy (non-hydrogen) atoms. The van der Waals surface area contributed by atoms with Crippen molar-refractivity contribution in [3.63, 3.8) is 0 Å². The van der Waals surface area contributed by atoms with Gasteiger partial charge in [0.15, 0.2) is 0 Å². The summed E-state index contributed by atoms with van der Waals surface area (Å²) < 4.78 is 0. The van der Waals surface area contributed by atoms with Crippen molar-refractivity contribution in [2.24, 2.45) is 0 Å². The number of hydrogen-bond acceptors (Lipinski definition) is 0. The lowest BCUT2D eigenvalue weighted by molar-refractivity contribution is 0.820. The second kappa shape index (κ2) is 7.31. The molecule has 0 amide bonds. The Hall–Kier alpha value is -1.00. The van der Waals surface area contributed by atoms with Gasteiger partial charge in [-0.3, -0.25) is 0 Å². The summed E-state index contributed by atoms with van der Waals surface area (Å²) in [5.74, 6) is 6.43. The third kappa shape index (κ3) is 6.14. The fourth-order valence-corrected chi connectivity index (χ4v) is 2.56. The number of hydrogen-bond donors (Lipinski definition) is 0. The summed E-state index contributed by atoms with van der Waals surface area (Å²) in [4.78, 5) is 0. The van der Waals surface area contributed by atoms with E-state index in [1.165, 1.54) is 18.9 Å². The third-order valence-electron chi connectivity index (χ3n) is 2.34. The van der Waals surface area contributed by atoms with E-state index in [0.717, 1.165) is 12.0 Å². The highest BCUT2D eigenvalue weighted by Crippen LogP contribution is 2.03. The molecule has 0 aliphatic carbocycles. The van der Waals surface area contributed by atoms with E-state index in [1.54, 1.807) is 0 Å². The van der Waals surface area contributed by atoms with Crippen LogP contribution in [0.4, 0.5) is 0 Å². The second-order valence-corrected chi connectivity index (χ2v) is 7.67. The molecule has 0 saturated heterocycles. The standard InChI is InChI=1S/C14H20Si/c1-15(2)13-9-4-3-6-10-14-11-7-5-8-12-14/h5,7-8,11-12,15H,3-4,9,13H2,1-2H3. The zero-order chi connectivity index (χ0) is 10.9. The van der Waals surface area contributed by atoms with E-state index < -0.39 is 0 Å². The van der Waals surface area contributed by atoms with Crippen LogP contribution in [0.2, 0.25) is 19.1 Å². The second-order valence-electron chi connectivity index (χ2n) is 4.31. The molecule has 1 aromatic rings. The van der Waals surface area contributed by atoms with Crippen molar-refractivity contribution in [3.05, 3.63) is 35.9 Å². The molecule has 1 heteroatoms. The van der Waals surface area contributed by atoms with Gasteiger partial charge in [-0.25, -0.2) is 0 Å². The molecule has 0 fully saturated rings. The van der Waals surface area contributed by atoms with Crippen LogP contribution in [0.5, 0.6) is 0 Å². The first-order valence-electron chi connectivity index (χ1n) is 5.83. The maximum Gasteiger partial charge on any atom is 0.0305 e. The fraction of sp³-hybridized carbons (Fsp3) is 0.429. The van der Waals surface area contributed by atoms with E-state index in [4.69, 9.17) is 0 Å². The van der Waals surface area contributed by atoms with Gasteiger partial charge in [-0.2, -0.15) is 0 Å². The van der Waals surface area contributed by atoms with Gasteiger partial charge in [-0.1, -0.05) is 55.6 Å². The Bertz CT molecular complexity index is 316. The number of unbranched alkanes of at least 4 members (excludes halogenated alkanes) is 2. The fourth-order valence-electron chi connectivity index (χ4n) is 1.45. The van der Waals surface area contributed by atoms with Crippen LogP contribution in [0.1, 0.15) is 24.8 Å². The van der Waals surface area contributed by atoms with Gasteiger partial charge < -0.3 is 0 Å². The molecule has 0 spiro atoms. The van der Waals surface area contributed by atoms with Crippen molar-refractivity contribution in [2.75, 3.05) is 0 Å². The minimum absolute atomic E-state index is 0.330. The Morgan fingerprint density at radius 1 is 1.07 bits per heavy atom. The van der Waals surface area contributed by atoms with Crippen LogP contribution >= 0.6 is 0 Å². The Labute approximate surface area is 95.3 Å². The van der Waals surface area contributed by atoms with Crippen molar-refractivity contribution in [1.82, 2.24) is 0 Å². The average molecular weight is 216 g/mol. The largest absolute Gasteiger partial charge is 0.0979 e. The van der Waals surface area contributed by atoms with Crippen LogP contribution in [-0.2, 0) is 0 Å². The van der Waals surface area contributed by atoms with Crippen LogP contribution in [0, 0.1) is 11.8 Å². The lowest BCUT2D eigenvalue weighted by Crippen LogP contribution is -1.97. The molecule has 0 aliphatic rings. The quantitative estimate of drug-likeness (QED) is 0.409. The molecule has 0 N–H and O–H groups in total. The first-order chi connectivity index (χ1) is 7.29. The molecular formula is C14H20Si. The van der Waals surface area contributed by atoms with Gasteiger partial charge >= 0.3 is 0 Å². The van der Waals surface area contributed by atoms with E-state index in [-0.39, 0.29) is 8.80 Å². The molecule has 0 aliphatic heterocycles. The van der Waals surface area contributed by atoms with Crippen LogP contribution in [0.3, 0.4) is 0 Å². The van der Waals surface area contributed by atoms with Crippen LogP contribution in [0.25, 0.3) is 0 Å². The zero-order valence-corrected chi connectivity index (χ0v) is 10.9. The van der Waals surface area contributed by atoms with Crippen LogP contribution in [0.15, 0.2) is 30.3 Å². The van der Waals surface area contributed by atoms with Gasteiger partial charge in [-0.15, -0.1) is 0 Å². The van der Waals surface area contributed by atoms with Crippen LogP contribution in [-0.4, -0.2) is 8.80 Å². The van der Waals surface area contributed by atoms with Crippen molar-refractivity contribution in [2.45, 2.75) is 38.4 Å². The average Bonchev–Trinajstić information content (AvgIpc) is 2.24. The normalized spacial score (nSPS) is 9.80. The Morgan fingerprint density at radius 3 is 2.47 bits per heavy atom. The molecule has 1 rings (SSSR count). The molecule has 0 nitrogen and oxygen atoms in total. The molecule has 0 atom stereocenters. The SMILES string of the molecule is C[SiH](C)CCCCC#Cc1ccccc1. The monoisotopic (exact) mass is 216 g/mol. The Balaban J connectivity index is 2.18. The highest BCUT2D eigenvalue weighted by molar-refractivity contribution is 6.55. The molecule has 0 aromatic heterocycles. The first kappa shape index (κ1) is 12.1. The molecule has 1 aromatic carbocycles. The highest BCUT2D eigenvalue weighted by Gasteiger charge is 1.93. The van der Waals surface area contributed by atoms with Gasteiger partial charge in [-0.05, 0) is 18.6 Å². The van der Waals surface area contributed by atoms with Crippen molar-refractivity contribution in [1.29, 1.82) is 0 Å². The Morgan fingerprint density at radius 2 is 1.80 bits per heavy atom. The molecule has 0 saturated carbocycles. The van der Waals surface area contributed by atoms with E-state index in [9.17, 15) is 0 Å². The highest BCUT2D eigenvalue weighted by atomic mass is 28.3. The topological polar surface area (TPSA) is 0 Å². The number of rotatable bonds is 4. The van der Waals surface area contributed by atoms with Crippen molar-refractivity contribution < 1.29 is 0 Å². The zero-order valence-electron chi connectivity index (χ0n) is 9.79. The molecule has 0 radical (unpaired) electrons. The lowest BCUT2D eigenvalue weighted by Gasteiger charge is -1.99. The summed E-state index contributed by atoms with van der Waals surface area (Å²) in [6, 6.07) is 11.7. The van der Waals surface area contributed by atoms with Crippen molar-refractivity contribution >= 4 is 8.80 Å². The summed E-state index contributed by atoms with van der Waals surface area (Å²) in [6.45, 7) is 4.82. The summed E-state index contributed by atoms with van der Waals surface area (Å²) in [7, 11) is -0.330. The Kier molecular flexibility index (Phi) is 5.88. The number of benzene rings is 1. The molecule has 80 valence electrons. The van der Waals surface area contributed by atoms with Gasteiger partial charge in [0.05, 0.1) is 0 Å². The lowest BCUT2D eigenvalue weighted by atomic mass is 10.2. The van der Waals surface area contributed by atoms with Gasteiger partial charge in [0, 0.05) is 20.8 Å². The van der Waals surface area contributed by atoms with Crippen molar-refractivity contribution in [3.8, 4) is 11.8 Å². The van der Waals surface area contributed by atoms with E-state index in [1.807, 2.05) is 18.2 Å². The molecule has 0 unspecified atom stereocenters. The molecular weight excluding hydrogens is 196 g/mol. The first-order valence-corrected chi connectivity index (χ1v) is 8.95. The van der Waals surface area contributed by atoms with Crippen LogP contribution < -0.4 is 0 Å². The predicted molar refractivity (Wildman–Crippen MR) is 70.9 cm³/mol. The summed E-state index contributed by atoms with van der Waals surface area (Å²) in [5.41, 5.74) is 1.13. The summed E-state index contributed by atoms with van der Waals surface area (Å²) in [5, 5.41) is 0.